The smallest absolute Gasteiger partial charge is 0.194 e. The lowest BCUT2D eigenvalue weighted by molar-refractivity contribution is -0.259. The molecule has 23 heavy (non-hydrogen) atoms. The largest absolute Gasteiger partial charge is 0.380 e. The van der Waals surface area contributed by atoms with Gasteiger partial charge in [-0.3, -0.25) is 0 Å². The second-order valence-corrected chi connectivity index (χ2v) is 7.39. The van der Waals surface area contributed by atoms with Gasteiger partial charge in [-0.05, 0) is 54.5 Å². The average Bonchev–Trinajstić information content (AvgIpc) is 2.90. The van der Waals surface area contributed by atoms with E-state index < -0.39 is 28.9 Å². The Balaban J connectivity index is 2.94. The molecule has 2 rings (SSSR count). The molecule has 0 radical (unpaired) electrons. The maximum atomic E-state index is 14.3. The van der Waals surface area contributed by atoms with E-state index in [4.69, 9.17) is 0 Å². The van der Waals surface area contributed by atoms with E-state index >= 15 is 0 Å². The topological polar surface area (TPSA) is 0 Å². The van der Waals surface area contributed by atoms with Crippen LogP contribution in [0.3, 0.4) is 0 Å². The quantitative estimate of drug-likeness (QED) is 0.554. The van der Waals surface area contributed by atoms with Gasteiger partial charge in [-0.15, -0.1) is 23.1 Å². The molecule has 1 heterocycles. The van der Waals surface area contributed by atoms with E-state index in [0.29, 0.717) is 9.78 Å². The second kappa shape index (κ2) is 5.58. The van der Waals surface area contributed by atoms with Crippen LogP contribution in [-0.4, -0.2) is 24.0 Å². The number of alkyl halides is 6. The second-order valence-electron chi connectivity index (χ2n) is 5.25. The number of thiophene rings is 1. The van der Waals surface area contributed by atoms with Crippen molar-refractivity contribution in [2.24, 2.45) is 0 Å². The molecule has 0 unspecified atom stereocenters. The van der Waals surface area contributed by atoms with Crippen LogP contribution < -0.4 is 0 Å². The predicted octanol–water partition coefficient (Wildman–Crippen LogP) is 6.39. The van der Waals surface area contributed by atoms with Crippen molar-refractivity contribution in [2.75, 3.05) is 6.26 Å². The fourth-order valence-corrected chi connectivity index (χ4v) is 3.64. The highest BCUT2D eigenvalue weighted by atomic mass is 32.2. The van der Waals surface area contributed by atoms with Gasteiger partial charge in [0.1, 0.15) is 0 Å². The number of hydrogen-bond acceptors (Lipinski definition) is 2. The summed E-state index contributed by atoms with van der Waals surface area (Å²) in [7, 11) is 0. The molecular weight excluding hydrogens is 358 g/mol. The molecule has 0 saturated carbocycles. The summed E-state index contributed by atoms with van der Waals surface area (Å²) in [5.74, 6) is -15.4. The highest BCUT2D eigenvalue weighted by molar-refractivity contribution is 8.02. The Kier molecular flexibility index (Phi) is 4.48. The molecule has 0 spiro atoms. The monoisotopic (exact) mass is 372 g/mol. The van der Waals surface area contributed by atoms with Gasteiger partial charge in [-0.25, -0.2) is 0 Å². The summed E-state index contributed by atoms with van der Waals surface area (Å²) < 4.78 is 84.9. The zero-order valence-electron chi connectivity index (χ0n) is 12.7. The highest BCUT2D eigenvalue weighted by Crippen LogP contribution is 2.64. The van der Waals surface area contributed by atoms with Gasteiger partial charge in [0.25, 0.3) is 0 Å². The zero-order chi connectivity index (χ0) is 17.8. The minimum absolute atomic E-state index is 0.236. The third kappa shape index (κ3) is 2.36. The van der Waals surface area contributed by atoms with Crippen molar-refractivity contribution in [3.63, 3.8) is 0 Å². The molecule has 0 saturated heterocycles. The van der Waals surface area contributed by atoms with Gasteiger partial charge in [-0.2, -0.15) is 26.3 Å². The van der Waals surface area contributed by atoms with Crippen molar-refractivity contribution < 1.29 is 26.3 Å². The van der Waals surface area contributed by atoms with E-state index in [1.165, 1.54) is 32.2 Å². The Hall–Kier alpha value is -0.890. The lowest BCUT2D eigenvalue weighted by atomic mass is 9.96. The van der Waals surface area contributed by atoms with Gasteiger partial charge in [-0.1, -0.05) is 0 Å². The van der Waals surface area contributed by atoms with Crippen molar-refractivity contribution in [1.82, 2.24) is 0 Å². The molecule has 0 nitrogen and oxygen atoms in total. The summed E-state index contributed by atoms with van der Waals surface area (Å²) in [6.07, 6.45) is 1.57. The Labute approximate surface area is 138 Å². The lowest BCUT2D eigenvalue weighted by Crippen LogP contribution is -2.49. The lowest BCUT2D eigenvalue weighted by Gasteiger charge is -2.26. The van der Waals surface area contributed by atoms with E-state index in [0.717, 1.165) is 23.1 Å². The van der Waals surface area contributed by atoms with Crippen molar-refractivity contribution in [3.05, 3.63) is 37.9 Å². The number of hydrogen-bond donors (Lipinski definition) is 0. The fraction of sp³-hybridized carbons (Fsp3) is 0.467. The fourth-order valence-electron chi connectivity index (χ4n) is 2.53. The maximum Gasteiger partial charge on any atom is 0.380 e. The first-order chi connectivity index (χ1) is 10.4. The van der Waals surface area contributed by atoms with Crippen LogP contribution in [0.15, 0.2) is 27.5 Å². The van der Waals surface area contributed by atoms with Crippen molar-refractivity contribution >= 4 is 28.7 Å². The third-order valence-corrected chi connectivity index (χ3v) is 5.77. The summed E-state index contributed by atoms with van der Waals surface area (Å²) in [4.78, 5) is 0.582. The van der Waals surface area contributed by atoms with Gasteiger partial charge in [0.2, 0.25) is 0 Å². The standard InChI is InChI=1S/C15H14F6S2/c1-7(8(2)22-4)11-12(10-5-6-23-9(10)3)14(18,19)15(20,21)13(11,16)17/h5-6H,1-4H3/b8-7+. The van der Waals surface area contributed by atoms with Crippen molar-refractivity contribution in [3.8, 4) is 0 Å². The molecule has 0 bridgehead atoms. The van der Waals surface area contributed by atoms with Crippen LogP contribution in [0.25, 0.3) is 5.57 Å². The maximum absolute atomic E-state index is 14.3. The van der Waals surface area contributed by atoms with Crippen LogP contribution in [0, 0.1) is 6.92 Å². The van der Waals surface area contributed by atoms with Crippen molar-refractivity contribution in [2.45, 2.75) is 38.5 Å². The number of thioether (sulfide) groups is 1. The molecule has 8 heteroatoms. The Morgan fingerprint density at radius 2 is 1.61 bits per heavy atom. The van der Waals surface area contributed by atoms with Crippen LogP contribution in [0.5, 0.6) is 0 Å². The zero-order valence-corrected chi connectivity index (χ0v) is 14.4. The summed E-state index contributed by atoms with van der Waals surface area (Å²) in [6, 6.07) is 1.18. The van der Waals surface area contributed by atoms with Crippen LogP contribution >= 0.6 is 23.1 Å². The van der Waals surface area contributed by atoms with Crippen LogP contribution in [0.2, 0.25) is 0 Å². The predicted molar refractivity (Wildman–Crippen MR) is 82.7 cm³/mol. The molecule has 128 valence electrons. The Morgan fingerprint density at radius 1 is 1.04 bits per heavy atom. The summed E-state index contributed by atoms with van der Waals surface area (Å²) in [6.45, 7) is 4.06. The van der Waals surface area contributed by atoms with E-state index in [1.54, 1.807) is 6.26 Å². The van der Waals surface area contributed by atoms with Crippen LogP contribution in [0.1, 0.15) is 24.3 Å². The molecule has 0 N–H and O–H groups in total. The van der Waals surface area contributed by atoms with E-state index in [9.17, 15) is 26.3 Å². The summed E-state index contributed by atoms with van der Waals surface area (Å²) in [5.41, 5.74) is -3.02. The van der Waals surface area contributed by atoms with E-state index in [1.807, 2.05) is 0 Å². The third-order valence-electron chi connectivity index (χ3n) is 4.00. The minimum atomic E-state index is -5.47. The molecule has 1 aliphatic rings. The number of aryl methyl sites for hydroxylation is 1. The van der Waals surface area contributed by atoms with Gasteiger partial charge < -0.3 is 0 Å². The van der Waals surface area contributed by atoms with E-state index in [-0.39, 0.29) is 11.1 Å². The van der Waals surface area contributed by atoms with Crippen LogP contribution in [0.4, 0.5) is 26.3 Å². The van der Waals surface area contributed by atoms with Gasteiger partial charge in [0, 0.05) is 16.0 Å². The molecule has 0 amide bonds. The van der Waals surface area contributed by atoms with Gasteiger partial charge in [0.15, 0.2) is 0 Å². The van der Waals surface area contributed by atoms with Crippen LogP contribution in [-0.2, 0) is 0 Å². The summed E-state index contributed by atoms with van der Waals surface area (Å²) >= 11 is 2.09. The number of halogens is 6. The molecule has 0 atom stereocenters. The van der Waals surface area contributed by atoms with Crippen molar-refractivity contribution in [1.29, 1.82) is 0 Å². The molecule has 0 fully saturated rings. The first-order valence-electron chi connectivity index (χ1n) is 6.56. The molecule has 1 aliphatic carbocycles. The first kappa shape index (κ1) is 18.4. The van der Waals surface area contributed by atoms with Gasteiger partial charge in [0.05, 0.1) is 0 Å². The number of rotatable bonds is 3. The Morgan fingerprint density at radius 3 is 2.04 bits per heavy atom. The molecule has 0 aromatic carbocycles. The highest BCUT2D eigenvalue weighted by Gasteiger charge is 2.80. The molecule has 0 aliphatic heterocycles. The van der Waals surface area contributed by atoms with Gasteiger partial charge >= 0.3 is 17.8 Å². The SMILES string of the molecule is CS/C(C)=C(\C)C1=C(c2ccsc2C)C(F)(F)C(F)(F)C1(F)F. The molecular formula is C15H14F6S2. The summed E-state index contributed by atoms with van der Waals surface area (Å²) in [5, 5.41) is 1.42. The molecule has 1 aromatic rings. The normalized spacial score (nSPS) is 23.2. The van der Waals surface area contributed by atoms with E-state index in [2.05, 4.69) is 0 Å². The molecule has 1 aromatic heterocycles. The Bertz CT molecular complexity index is 697. The number of allylic oxidation sites excluding steroid dienone is 4. The average molecular weight is 372 g/mol. The first-order valence-corrected chi connectivity index (χ1v) is 8.66. The minimum Gasteiger partial charge on any atom is -0.194 e.